The third kappa shape index (κ3) is 5.05. The van der Waals surface area contributed by atoms with E-state index in [0.29, 0.717) is 34.4 Å². The van der Waals surface area contributed by atoms with Gasteiger partial charge >= 0.3 is 5.97 Å². The maximum atomic E-state index is 11.8. The lowest BCUT2D eigenvalue weighted by molar-refractivity contribution is 0.0602. The highest BCUT2D eigenvalue weighted by Gasteiger charge is 2.16. The largest absolute Gasteiger partial charge is 0.494 e. The Morgan fingerprint density at radius 1 is 1.17 bits per heavy atom. The van der Waals surface area contributed by atoms with Crippen molar-refractivity contribution in [3.8, 4) is 5.75 Å². The number of aryl methyl sites for hydroxylation is 1. The molecule has 4 nitrogen and oxygen atoms in total. The first-order chi connectivity index (χ1) is 11.5. The fraction of sp³-hybridized carbons (Fsp3) is 0.278. The van der Waals surface area contributed by atoms with Crippen LogP contribution < -0.4 is 10.1 Å². The first kappa shape index (κ1) is 18.4. The van der Waals surface area contributed by atoms with Crippen molar-refractivity contribution in [3.63, 3.8) is 0 Å². The molecule has 0 heterocycles. The first-order valence-electron chi connectivity index (χ1n) is 7.52. The van der Waals surface area contributed by atoms with Crippen molar-refractivity contribution >= 4 is 34.9 Å². The van der Waals surface area contributed by atoms with Gasteiger partial charge in [-0.25, -0.2) is 4.79 Å². The maximum Gasteiger partial charge on any atom is 0.340 e. The summed E-state index contributed by atoms with van der Waals surface area (Å²) in [6.45, 7) is 3.18. The molecule has 0 aliphatic rings. The van der Waals surface area contributed by atoms with E-state index in [1.165, 1.54) is 18.7 Å². The third-order valence-electron chi connectivity index (χ3n) is 3.37. The molecule has 0 fully saturated rings. The van der Waals surface area contributed by atoms with Crippen LogP contribution in [0.4, 0.5) is 5.69 Å². The Morgan fingerprint density at radius 2 is 1.88 bits per heavy atom. The second kappa shape index (κ2) is 8.81. The van der Waals surface area contributed by atoms with Crippen LogP contribution in [0.15, 0.2) is 36.4 Å². The number of anilines is 1. The lowest BCUT2D eigenvalue weighted by Gasteiger charge is -2.13. The summed E-state index contributed by atoms with van der Waals surface area (Å²) in [6.07, 6.45) is 0.743. The van der Waals surface area contributed by atoms with Crippen molar-refractivity contribution < 1.29 is 14.3 Å². The summed E-state index contributed by atoms with van der Waals surface area (Å²) in [4.78, 5) is 11.8. The summed E-state index contributed by atoms with van der Waals surface area (Å²) in [5, 5.41) is 3.91. The Bertz CT molecular complexity index is 702. The summed E-state index contributed by atoms with van der Waals surface area (Å²) in [7, 11) is 1.32. The minimum absolute atomic E-state index is 0.314. The molecule has 6 heteroatoms. The van der Waals surface area contributed by atoms with Crippen LogP contribution >= 0.6 is 23.2 Å². The normalized spacial score (nSPS) is 10.3. The van der Waals surface area contributed by atoms with E-state index in [1.54, 1.807) is 6.07 Å². The number of rotatable bonds is 7. The van der Waals surface area contributed by atoms with Gasteiger partial charge in [-0.15, -0.1) is 0 Å². The molecule has 0 radical (unpaired) electrons. The minimum atomic E-state index is -0.488. The topological polar surface area (TPSA) is 47.6 Å². The zero-order valence-electron chi connectivity index (χ0n) is 13.6. The fourth-order valence-corrected chi connectivity index (χ4v) is 2.69. The van der Waals surface area contributed by atoms with E-state index in [4.69, 9.17) is 32.7 Å². The molecule has 0 saturated carbocycles. The molecule has 0 aliphatic heterocycles. The van der Waals surface area contributed by atoms with Crippen LogP contribution in [0.1, 0.15) is 22.3 Å². The number of carbonyl (C=O) groups is 1. The number of halogens is 2. The quantitative estimate of drug-likeness (QED) is 0.554. The van der Waals surface area contributed by atoms with Gasteiger partial charge < -0.3 is 14.8 Å². The van der Waals surface area contributed by atoms with Crippen LogP contribution in [0.5, 0.6) is 5.75 Å². The summed E-state index contributed by atoms with van der Waals surface area (Å²) in [5.41, 5.74) is 2.02. The molecule has 0 spiro atoms. The third-order valence-corrected chi connectivity index (χ3v) is 3.89. The number of carbonyl (C=O) groups excluding carboxylic acids is 1. The molecular formula is C18H19Cl2NO3. The summed E-state index contributed by atoms with van der Waals surface area (Å²) in [6, 6.07) is 11.0. The molecule has 1 N–H and O–H groups in total. The molecule has 24 heavy (non-hydrogen) atoms. The number of nitrogens with one attached hydrogen (secondary N) is 1. The van der Waals surface area contributed by atoms with Crippen molar-refractivity contribution in [3.05, 3.63) is 57.6 Å². The van der Waals surface area contributed by atoms with Crippen LogP contribution in [0.3, 0.4) is 0 Å². The van der Waals surface area contributed by atoms with Crippen molar-refractivity contribution in [2.45, 2.75) is 13.3 Å². The van der Waals surface area contributed by atoms with Crippen molar-refractivity contribution in [2.24, 2.45) is 0 Å². The Balaban J connectivity index is 1.90. The van der Waals surface area contributed by atoms with Gasteiger partial charge in [-0.3, -0.25) is 0 Å². The predicted molar refractivity (Wildman–Crippen MR) is 97.6 cm³/mol. The first-order valence-corrected chi connectivity index (χ1v) is 8.27. The van der Waals surface area contributed by atoms with Gasteiger partial charge in [-0.2, -0.15) is 0 Å². The second-order valence-corrected chi connectivity index (χ2v) is 6.09. The summed E-state index contributed by atoms with van der Waals surface area (Å²) in [5.74, 6) is 0.346. The molecule has 0 aliphatic carbocycles. The van der Waals surface area contributed by atoms with Gasteiger partial charge in [0.1, 0.15) is 5.75 Å². The molecule has 0 amide bonds. The highest BCUT2D eigenvalue weighted by molar-refractivity contribution is 6.37. The van der Waals surface area contributed by atoms with Crippen LogP contribution in [-0.4, -0.2) is 26.2 Å². The zero-order chi connectivity index (χ0) is 17.5. The monoisotopic (exact) mass is 367 g/mol. The lowest BCUT2D eigenvalue weighted by atomic mass is 10.1. The van der Waals surface area contributed by atoms with E-state index in [1.807, 2.05) is 31.2 Å². The molecule has 2 rings (SSSR count). The molecular weight excluding hydrogens is 349 g/mol. The van der Waals surface area contributed by atoms with Crippen LogP contribution in [0.25, 0.3) is 0 Å². The number of hydrogen-bond donors (Lipinski definition) is 1. The summed E-state index contributed by atoms with van der Waals surface area (Å²) < 4.78 is 10.4. The molecule has 2 aromatic rings. The van der Waals surface area contributed by atoms with Gasteiger partial charge in [0, 0.05) is 11.6 Å². The molecule has 128 valence electrons. The molecule has 0 bridgehead atoms. The van der Waals surface area contributed by atoms with Crippen molar-refractivity contribution in [1.29, 1.82) is 0 Å². The predicted octanol–water partition coefficient (Wildman–Crippen LogP) is 4.97. The Kier molecular flexibility index (Phi) is 6.76. The average molecular weight is 368 g/mol. The minimum Gasteiger partial charge on any atom is -0.494 e. The van der Waals surface area contributed by atoms with Gasteiger partial charge in [0.25, 0.3) is 0 Å². The van der Waals surface area contributed by atoms with Crippen LogP contribution in [0.2, 0.25) is 10.0 Å². The highest BCUT2D eigenvalue weighted by atomic mass is 35.5. The molecule has 0 saturated heterocycles. The lowest BCUT2D eigenvalue weighted by Crippen LogP contribution is -2.12. The van der Waals surface area contributed by atoms with Crippen LogP contribution in [-0.2, 0) is 4.74 Å². The molecule has 0 atom stereocenters. The van der Waals surface area contributed by atoms with Gasteiger partial charge in [-0.05, 0) is 37.6 Å². The van der Waals surface area contributed by atoms with Crippen LogP contribution in [0, 0.1) is 6.92 Å². The Labute approximate surface area is 151 Å². The highest BCUT2D eigenvalue weighted by Crippen LogP contribution is 2.30. The van der Waals surface area contributed by atoms with Gasteiger partial charge in [-0.1, -0.05) is 40.9 Å². The van der Waals surface area contributed by atoms with Crippen molar-refractivity contribution in [2.75, 3.05) is 25.6 Å². The Morgan fingerprint density at radius 3 is 2.54 bits per heavy atom. The molecule has 0 unspecified atom stereocenters. The van der Waals surface area contributed by atoms with Gasteiger partial charge in [0.15, 0.2) is 0 Å². The number of hydrogen-bond acceptors (Lipinski definition) is 4. The van der Waals surface area contributed by atoms with Gasteiger partial charge in [0.2, 0.25) is 0 Å². The van der Waals surface area contributed by atoms with E-state index >= 15 is 0 Å². The van der Waals surface area contributed by atoms with E-state index in [0.717, 1.165) is 12.2 Å². The molecule has 2 aromatic carbocycles. The van der Waals surface area contributed by atoms with E-state index in [9.17, 15) is 4.79 Å². The van der Waals surface area contributed by atoms with Crippen molar-refractivity contribution in [1.82, 2.24) is 0 Å². The Hall–Kier alpha value is -1.91. The number of benzene rings is 2. The summed E-state index contributed by atoms with van der Waals surface area (Å²) >= 11 is 12.1. The van der Waals surface area contributed by atoms with E-state index in [-0.39, 0.29) is 0 Å². The maximum absolute atomic E-state index is 11.8. The SMILES string of the molecule is COC(=O)c1cc(Cl)cc(Cl)c1NCCCOc1ccc(C)cc1. The van der Waals surface area contributed by atoms with E-state index < -0.39 is 5.97 Å². The fourth-order valence-electron chi connectivity index (χ4n) is 2.13. The smallest absolute Gasteiger partial charge is 0.340 e. The van der Waals surface area contributed by atoms with Gasteiger partial charge in [0.05, 0.1) is 30.0 Å². The number of ether oxygens (including phenoxy) is 2. The molecule has 0 aromatic heterocycles. The van der Waals surface area contributed by atoms with E-state index in [2.05, 4.69) is 5.32 Å². The number of methoxy groups -OCH3 is 1. The average Bonchev–Trinajstić information content (AvgIpc) is 2.56. The standard InChI is InChI=1S/C18H19Cl2NO3/c1-12-4-6-14(7-5-12)24-9-3-8-21-17-15(18(22)23-2)10-13(19)11-16(17)20/h4-7,10-11,21H,3,8-9H2,1-2H3. The zero-order valence-corrected chi connectivity index (χ0v) is 15.1. The second-order valence-electron chi connectivity index (χ2n) is 5.24. The number of esters is 1.